The van der Waals surface area contributed by atoms with Crippen LogP contribution in [-0.2, 0) is 0 Å². The number of phenols is 1. The third-order valence-corrected chi connectivity index (χ3v) is 5.99. The maximum Gasteiger partial charge on any atom is 0.120 e. The second kappa shape index (κ2) is 7.53. The summed E-state index contributed by atoms with van der Waals surface area (Å²) in [4.78, 5) is 2.37. The highest BCUT2D eigenvalue weighted by molar-refractivity contribution is 5.33. The van der Waals surface area contributed by atoms with E-state index in [0.29, 0.717) is 24.5 Å². The minimum absolute atomic E-state index is 0.233. The van der Waals surface area contributed by atoms with Crippen LogP contribution in [0.4, 0.5) is 0 Å². The van der Waals surface area contributed by atoms with Gasteiger partial charge in [-0.15, -0.1) is 0 Å². The minimum Gasteiger partial charge on any atom is -0.508 e. The molecule has 0 bridgehead atoms. The van der Waals surface area contributed by atoms with Gasteiger partial charge in [-0.05, 0) is 79.5 Å². The zero-order chi connectivity index (χ0) is 19.0. The largest absolute Gasteiger partial charge is 0.508 e. The predicted molar refractivity (Wildman–Crippen MR) is 106 cm³/mol. The average molecular weight is 367 g/mol. The van der Waals surface area contributed by atoms with E-state index in [2.05, 4.69) is 36.9 Å². The maximum absolute atomic E-state index is 10.5. The summed E-state index contributed by atoms with van der Waals surface area (Å²) in [7, 11) is 0. The van der Waals surface area contributed by atoms with E-state index in [1.54, 1.807) is 24.3 Å². The molecule has 2 N–H and O–H groups in total. The Morgan fingerprint density at radius 2 is 1.59 bits per heavy atom. The Kier molecular flexibility index (Phi) is 5.11. The molecule has 1 saturated heterocycles. The van der Waals surface area contributed by atoms with Crippen LogP contribution in [0.5, 0.6) is 11.5 Å². The number of likely N-dealkylation sites (tertiary alicyclic amines) is 1. The average Bonchev–Trinajstić information content (AvgIpc) is 3.12. The Balaban J connectivity index is 1.29. The molecule has 2 fully saturated rings. The number of ether oxygens (including phenoxy) is 1. The van der Waals surface area contributed by atoms with E-state index in [1.807, 2.05) is 0 Å². The molecule has 4 rings (SSSR count). The van der Waals surface area contributed by atoms with Crippen LogP contribution in [-0.4, -0.2) is 40.9 Å². The van der Waals surface area contributed by atoms with Crippen LogP contribution in [0.25, 0.3) is 0 Å². The number of β-amino-alcohol motifs (C(OH)–C–C–N with tert-alkyl or cyclic N) is 1. The van der Waals surface area contributed by atoms with E-state index in [0.717, 1.165) is 37.2 Å². The first-order valence-corrected chi connectivity index (χ1v) is 9.90. The van der Waals surface area contributed by atoms with Crippen LogP contribution in [0.3, 0.4) is 0 Å². The molecular weight excluding hydrogens is 338 g/mol. The van der Waals surface area contributed by atoms with E-state index >= 15 is 0 Å². The van der Waals surface area contributed by atoms with Gasteiger partial charge in [0.1, 0.15) is 11.5 Å². The van der Waals surface area contributed by atoms with Crippen LogP contribution in [0, 0.1) is 25.7 Å². The van der Waals surface area contributed by atoms with Gasteiger partial charge in [0.05, 0.1) is 12.2 Å². The van der Waals surface area contributed by atoms with Crippen molar-refractivity contribution in [3.63, 3.8) is 0 Å². The van der Waals surface area contributed by atoms with Crippen molar-refractivity contribution in [2.45, 2.75) is 38.9 Å². The van der Waals surface area contributed by atoms with Crippen LogP contribution >= 0.6 is 0 Å². The fraction of sp³-hybridized carbons (Fsp3) is 0.478. The summed E-state index contributed by atoms with van der Waals surface area (Å²) < 4.78 is 6.28. The Labute approximate surface area is 161 Å². The van der Waals surface area contributed by atoms with Gasteiger partial charge in [-0.3, -0.25) is 4.90 Å². The molecule has 1 saturated carbocycles. The third kappa shape index (κ3) is 4.28. The van der Waals surface area contributed by atoms with Crippen LogP contribution in [0.1, 0.15) is 35.6 Å². The van der Waals surface area contributed by atoms with Gasteiger partial charge < -0.3 is 14.9 Å². The first kappa shape index (κ1) is 18.3. The van der Waals surface area contributed by atoms with Crippen LogP contribution < -0.4 is 4.74 Å². The van der Waals surface area contributed by atoms with Crippen molar-refractivity contribution in [1.82, 2.24) is 4.90 Å². The number of phenolic OH excluding ortho intramolecular Hbond substituents is 1. The standard InChI is InChI=1S/C23H29NO3/c1-15-7-16(2)9-21(8-15)27-22-10-18-12-24(13-19(18)11-22)14-23(26)17-3-5-20(25)6-4-17/h3-9,18-19,22-23,25-26H,10-14H2,1-2H3. The van der Waals surface area contributed by atoms with Gasteiger partial charge in [-0.1, -0.05) is 18.2 Å². The predicted octanol–water partition coefficient (Wildman–Crippen LogP) is 3.83. The highest BCUT2D eigenvalue weighted by atomic mass is 16.5. The Morgan fingerprint density at radius 1 is 1.00 bits per heavy atom. The minimum atomic E-state index is -0.508. The lowest BCUT2D eigenvalue weighted by molar-refractivity contribution is 0.116. The Hall–Kier alpha value is -2.04. The second-order valence-electron chi connectivity index (χ2n) is 8.38. The lowest BCUT2D eigenvalue weighted by atomic mass is 10.0. The highest BCUT2D eigenvalue weighted by Gasteiger charge is 2.42. The van der Waals surface area contributed by atoms with E-state index < -0.39 is 6.10 Å². The third-order valence-electron chi connectivity index (χ3n) is 5.99. The molecule has 3 unspecified atom stereocenters. The molecule has 27 heavy (non-hydrogen) atoms. The van der Waals surface area contributed by atoms with Gasteiger partial charge in [0.2, 0.25) is 0 Å². The number of rotatable bonds is 5. The molecule has 1 heterocycles. The normalized spacial score (nSPS) is 26.1. The fourth-order valence-electron chi connectivity index (χ4n) is 4.83. The lowest BCUT2D eigenvalue weighted by Crippen LogP contribution is -2.28. The van der Waals surface area contributed by atoms with Gasteiger partial charge in [0.15, 0.2) is 0 Å². The van der Waals surface area contributed by atoms with Crippen molar-refractivity contribution in [3.05, 3.63) is 59.2 Å². The molecule has 2 aromatic carbocycles. The SMILES string of the molecule is Cc1cc(C)cc(OC2CC3CN(CC(O)c4ccc(O)cc4)CC3C2)c1. The molecule has 1 aliphatic carbocycles. The summed E-state index contributed by atoms with van der Waals surface area (Å²) in [6.07, 6.45) is 2.00. The molecule has 0 spiro atoms. The number of fused-ring (bicyclic) bond motifs is 1. The van der Waals surface area contributed by atoms with Crippen LogP contribution in [0.2, 0.25) is 0 Å². The zero-order valence-corrected chi connectivity index (χ0v) is 16.1. The van der Waals surface area contributed by atoms with Crippen molar-refractivity contribution in [2.75, 3.05) is 19.6 Å². The second-order valence-corrected chi connectivity index (χ2v) is 8.38. The molecule has 3 atom stereocenters. The van der Waals surface area contributed by atoms with E-state index in [4.69, 9.17) is 4.74 Å². The number of nitrogens with zero attached hydrogens (tertiary/aromatic N) is 1. The highest BCUT2D eigenvalue weighted by Crippen LogP contribution is 2.40. The molecule has 0 radical (unpaired) electrons. The van der Waals surface area contributed by atoms with Gasteiger partial charge >= 0.3 is 0 Å². The van der Waals surface area contributed by atoms with Crippen LogP contribution in [0.15, 0.2) is 42.5 Å². The fourth-order valence-corrected chi connectivity index (χ4v) is 4.83. The molecule has 2 aliphatic rings. The van der Waals surface area contributed by atoms with Gasteiger partial charge in [-0.2, -0.15) is 0 Å². The molecule has 4 nitrogen and oxygen atoms in total. The first-order valence-electron chi connectivity index (χ1n) is 9.90. The summed E-state index contributed by atoms with van der Waals surface area (Å²) in [5, 5.41) is 19.9. The van der Waals surface area contributed by atoms with Crippen molar-refractivity contribution in [3.8, 4) is 11.5 Å². The molecule has 0 amide bonds. The number of benzene rings is 2. The number of aryl methyl sites for hydroxylation is 2. The molecule has 2 aromatic rings. The van der Waals surface area contributed by atoms with Crippen molar-refractivity contribution < 1.29 is 14.9 Å². The summed E-state index contributed by atoms with van der Waals surface area (Å²) in [5.41, 5.74) is 3.36. The topological polar surface area (TPSA) is 52.9 Å². The smallest absolute Gasteiger partial charge is 0.120 e. The monoisotopic (exact) mass is 367 g/mol. The molecular formula is C23H29NO3. The number of aliphatic hydroxyl groups is 1. The number of aliphatic hydroxyl groups excluding tert-OH is 1. The summed E-state index contributed by atoms with van der Waals surface area (Å²) in [5.74, 6) is 2.55. The Morgan fingerprint density at radius 3 is 2.19 bits per heavy atom. The molecule has 4 heteroatoms. The Bertz CT molecular complexity index is 754. The van der Waals surface area contributed by atoms with Gasteiger partial charge in [0.25, 0.3) is 0 Å². The quantitative estimate of drug-likeness (QED) is 0.843. The first-order chi connectivity index (χ1) is 13.0. The number of hydrogen-bond acceptors (Lipinski definition) is 4. The molecule has 1 aliphatic heterocycles. The number of aromatic hydroxyl groups is 1. The van der Waals surface area contributed by atoms with E-state index in [-0.39, 0.29) is 5.75 Å². The lowest BCUT2D eigenvalue weighted by Gasteiger charge is -2.22. The molecule has 144 valence electrons. The van der Waals surface area contributed by atoms with Crippen molar-refractivity contribution in [2.24, 2.45) is 11.8 Å². The zero-order valence-electron chi connectivity index (χ0n) is 16.1. The summed E-state index contributed by atoms with van der Waals surface area (Å²) in [6.45, 7) is 6.94. The summed E-state index contributed by atoms with van der Waals surface area (Å²) in [6, 6.07) is 13.3. The van der Waals surface area contributed by atoms with E-state index in [9.17, 15) is 10.2 Å². The van der Waals surface area contributed by atoms with Crippen molar-refractivity contribution >= 4 is 0 Å². The number of hydrogen-bond donors (Lipinski definition) is 2. The van der Waals surface area contributed by atoms with E-state index in [1.165, 1.54) is 11.1 Å². The van der Waals surface area contributed by atoms with Crippen molar-refractivity contribution in [1.29, 1.82) is 0 Å². The summed E-state index contributed by atoms with van der Waals surface area (Å²) >= 11 is 0. The van der Waals surface area contributed by atoms with Gasteiger partial charge in [0, 0.05) is 19.6 Å². The maximum atomic E-state index is 10.5. The molecule has 0 aromatic heterocycles. The van der Waals surface area contributed by atoms with Gasteiger partial charge in [-0.25, -0.2) is 0 Å².